The Bertz CT molecular complexity index is 2300. The molecule has 6 aromatic rings. The lowest BCUT2D eigenvalue weighted by molar-refractivity contribution is -0.134. The first kappa shape index (κ1) is 42.8. The molecule has 2 amide bonds. The van der Waals surface area contributed by atoms with Crippen LogP contribution in [0.3, 0.4) is 0 Å². The fourth-order valence-electron chi connectivity index (χ4n) is 8.97. The first-order valence-corrected chi connectivity index (χ1v) is 21.8. The van der Waals surface area contributed by atoms with Gasteiger partial charge in [-0.25, -0.2) is 9.97 Å². The molecule has 4 aromatic carbocycles. The zero-order chi connectivity index (χ0) is 43.9. The number of hydrogen-bond acceptors (Lipinski definition) is 6. The van der Waals surface area contributed by atoms with E-state index in [-0.39, 0.29) is 46.9 Å². The maximum Gasteiger partial charge on any atom is 0.229 e. The molecule has 4 N–H and O–H groups in total. The van der Waals surface area contributed by atoms with Gasteiger partial charge < -0.3 is 30.1 Å². The van der Waals surface area contributed by atoms with Crippen LogP contribution < -0.4 is 10.6 Å². The Morgan fingerprint density at radius 3 is 1.15 bits per heavy atom. The van der Waals surface area contributed by atoms with Gasteiger partial charge in [0, 0.05) is 37.7 Å². The minimum Gasteiger partial charge on any atom is -0.376 e. The average Bonchev–Trinajstić information content (AvgIpc) is 4.14. The van der Waals surface area contributed by atoms with Crippen LogP contribution in [0.1, 0.15) is 114 Å². The number of hydrogen-bond donors (Lipinski definition) is 4. The van der Waals surface area contributed by atoms with E-state index in [0.29, 0.717) is 0 Å². The number of ether oxygens (including phenoxy) is 2. The summed E-state index contributed by atoms with van der Waals surface area (Å²) in [5.41, 5.74) is 5.95. The molecule has 0 saturated heterocycles. The van der Waals surface area contributed by atoms with Crippen molar-refractivity contribution in [3.63, 3.8) is 0 Å². The van der Waals surface area contributed by atoms with Crippen LogP contribution in [-0.4, -0.2) is 46.0 Å². The number of aromatic nitrogens is 4. The third-order valence-corrected chi connectivity index (χ3v) is 12.9. The first-order valence-electron chi connectivity index (χ1n) is 21.8. The fourth-order valence-corrected chi connectivity index (χ4v) is 8.97. The van der Waals surface area contributed by atoms with E-state index in [0.717, 1.165) is 82.1 Å². The lowest BCUT2D eigenvalue weighted by atomic mass is 9.84. The summed E-state index contributed by atoms with van der Waals surface area (Å²) in [6.45, 7) is 12.7. The number of imidazole rings is 2. The molecule has 2 heterocycles. The molecule has 10 heteroatoms. The lowest BCUT2D eigenvalue weighted by Crippen LogP contribution is -2.43. The lowest BCUT2D eigenvalue weighted by Gasteiger charge is -2.33. The van der Waals surface area contributed by atoms with Crippen molar-refractivity contribution in [2.75, 3.05) is 14.2 Å². The van der Waals surface area contributed by atoms with Gasteiger partial charge in [0.2, 0.25) is 11.8 Å². The van der Waals surface area contributed by atoms with Crippen molar-refractivity contribution in [2.45, 2.75) is 91.5 Å². The van der Waals surface area contributed by atoms with Crippen molar-refractivity contribution in [1.29, 1.82) is 0 Å². The molecular weight excluding hydrogens is 773 g/mol. The maximum atomic E-state index is 14.0. The largest absolute Gasteiger partial charge is 0.376 e. The molecule has 0 spiro atoms. The number of benzene rings is 4. The van der Waals surface area contributed by atoms with Gasteiger partial charge in [0.05, 0.1) is 46.5 Å². The highest BCUT2D eigenvalue weighted by Crippen LogP contribution is 2.58. The van der Waals surface area contributed by atoms with Gasteiger partial charge in [0.15, 0.2) is 0 Å². The summed E-state index contributed by atoms with van der Waals surface area (Å²) >= 11 is 0. The van der Waals surface area contributed by atoms with Crippen LogP contribution in [-0.2, 0) is 19.1 Å². The molecule has 4 atom stereocenters. The molecule has 2 saturated carbocycles. The van der Waals surface area contributed by atoms with Crippen LogP contribution in [0.15, 0.2) is 122 Å². The van der Waals surface area contributed by atoms with Gasteiger partial charge in [0.25, 0.3) is 0 Å². The van der Waals surface area contributed by atoms with E-state index in [1.165, 1.54) is 0 Å². The predicted molar refractivity (Wildman–Crippen MR) is 243 cm³/mol. The van der Waals surface area contributed by atoms with E-state index in [2.05, 4.69) is 111 Å². The van der Waals surface area contributed by atoms with Gasteiger partial charge in [-0.1, -0.05) is 151 Å². The molecule has 2 fully saturated rings. The molecule has 322 valence electrons. The van der Waals surface area contributed by atoms with Crippen LogP contribution in [0, 0.1) is 21.7 Å². The van der Waals surface area contributed by atoms with Crippen molar-refractivity contribution in [2.24, 2.45) is 21.7 Å². The third kappa shape index (κ3) is 8.50. The van der Waals surface area contributed by atoms with Gasteiger partial charge in [-0.05, 0) is 58.8 Å². The van der Waals surface area contributed by atoms with Crippen molar-refractivity contribution in [3.05, 3.63) is 144 Å². The Morgan fingerprint density at radius 2 is 0.855 bits per heavy atom. The quantitative estimate of drug-likeness (QED) is 0.0814. The van der Waals surface area contributed by atoms with Gasteiger partial charge >= 0.3 is 0 Å². The fraction of sp³-hybridized carbons (Fsp3) is 0.385. The highest BCUT2D eigenvalue weighted by Gasteiger charge is 2.58. The van der Waals surface area contributed by atoms with Crippen LogP contribution in [0.5, 0.6) is 0 Å². The molecule has 0 radical (unpaired) electrons. The zero-order valence-electron chi connectivity index (χ0n) is 37.2. The molecule has 10 nitrogen and oxygen atoms in total. The highest BCUT2D eigenvalue weighted by molar-refractivity contribution is 5.87. The molecule has 0 bridgehead atoms. The van der Waals surface area contributed by atoms with Crippen LogP contribution in [0.25, 0.3) is 33.6 Å². The summed E-state index contributed by atoms with van der Waals surface area (Å²) in [6.07, 6.45) is 6.30. The Morgan fingerprint density at radius 1 is 0.532 bits per heavy atom. The Kier molecular flexibility index (Phi) is 11.6. The minimum absolute atomic E-state index is 0.00528. The number of methoxy groups -OCH3 is 2. The number of H-pyrrole nitrogens is 2. The number of nitrogens with one attached hydrogen (secondary N) is 4. The number of amides is 2. The van der Waals surface area contributed by atoms with E-state index in [1.54, 1.807) is 14.2 Å². The van der Waals surface area contributed by atoms with Gasteiger partial charge in [0.1, 0.15) is 11.6 Å². The number of carbonyl (C=O) groups is 2. The number of nitrogens with zero attached hydrogens (tertiary/aromatic N) is 2. The van der Waals surface area contributed by atoms with Crippen LogP contribution >= 0.6 is 0 Å². The summed E-state index contributed by atoms with van der Waals surface area (Å²) in [5, 5.41) is 6.74. The molecule has 2 aromatic heterocycles. The van der Waals surface area contributed by atoms with E-state index in [1.807, 2.05) is 73.1 Å². The van der Waals surface area contributed by atoms with Gasteiger partial charge in [-0.3, -0.25) is 9.59 Å². The van der Waals surface area contributed by atoms with Crippen molar-refractivity contribution < 1.29 is 19.1 Å². The standard InChI is InChI=1S/C52H60N6O4/c1-49(2,3)41(57-47(59)51(27-28-51)43(61-7)37-15-11-9-12-16-37)45-53-31-39(55-45)35-23-19-33(20-24-35)34-21-25-36(26-22-34)40-32-54-46(56-40)42(50(4,5)6)58-48(60)52(29-30-52)44(62-8)38-17-13-10-14-18-38/h9-26,31-32,41-44H,27-30H2,1-8H3,(H,53,55)(H,54,56)(H,57,59)(H,58,60)/t41-,42-,43?,44?/m1/s1. The predicted octanol–water partition coefficient (Wildman–Crippen LogP) is 10.9. The molecule has 8 rings (SSSR count). The minimum atomic E-state index is -0.601. The average molecular weight is 833 g/mol. The summed E-state index contributed by atoms with van der Waals surface area (Å²) < 4.78 is 11.9. The van der Waals surface area contributed by atoms with E-state index in [4.69, 9.17) is 19.4 Å². The number of carbonyl (C=O) groups excluding carboxylic acids is 2. The number of aromatic amines is 2. The Labute approximate surface area is 365 Å². The molecule has 2 aliphatic carbocycles. The summed E-state index contributed by atoms with van der Waals surface area (Å²) in [7, 11) is 3.37. The monoisotopic (exact) mass is 832 g/mol. The van der Waals surface area contributed by atoms with Gasteiger partial charge in [-0.15, -0.1) is 0 Å². The van der Waals surface area contributed by atoms with E-state index >= 15 is 0 Å². The SMILES string of the molecule is COC(c1ccccc1)C1(C(=O)N[C@H](c2nc(-c3ccc(-c4ccc(-c5c[nH]c([C@@H](NC(=O)C6(C(OC)c7ccccc7)CC6)C(C)(C)C)n5)cc4)cc3)c[nH]2)C(C)(C)C)CC1. The molecule has 62 heavy (non-hydrogen) atoms. The van der Waals surface area contributed by atoms with Crippen LogP contribution in [0.2, 0.25) is 0 Å². The van der Waals surface area contributed by atoms with Crippen molar-refractivity contribution in [3.8, 4) is 33.6 Å². The second-order valence-corrected chi connectivity index (χ2v) is 19.4. The maximum absolute atomic E-state index is 14.0. The topological polar surface area (TPSA) is 134 Å². The van der Waals surface area contributed by atoms with Gasteiger partial charge in [-0.2, -0.15) is 0 Å². The third-order valence-electron chi connectivity index (χ3n) is 12.9. The molecule has 2 unspecified atom stereocenters. The Balaban J connectivity index is 0.937. The Hall–Kier alpha value is -5.84. The molecule has 2 aliphatic rings. The summed E-state index contributed by atoms with van der Waals surface area (Å²) in [4.78, 5) is 44.9. The second-order valence-electron chi connectivity index (χ2n) is 19.4. The number of rotatable bonds is 15. The van der Waals surface area contributed by atoms with Crippen molar-refractivity contribution >= 4 is 11.8 Å². The van der Waals surface area contributed by atoms with E-state index in [9.17, 15) is 9.59 Å². The summed E-state index contributed by atoms with van der Waals surface area (Å²) in [5.74, 6) is 1.43. The highest BCUT2D eigenvalue weighted by atomic mass is 16.5. The zero-order valence-corrected chi connectivity index (χ0v) is 37.2. The van der Waals surface area contributed by atoms with Crippen molar-refractivity contribution in [1.82, 2.24) is 30.6 Å². The van der Waals surface area contributed by atoms with Crippen LogP contribution in [0.4, 0.5) is 0 Å². The first-order chi connectivity index (χ1) is 29.7. The van der Waals surface area contributed by atoms with E-state index < -0.39 is 10.8 Å². The molecule has 0 aliphatic heterocycles. The summed E-state index contributed by atoms with van der Waals surface area (Å²) in [6, 6.07) is 36.1. The molecular formula is C52H60N6O4. The normalized spacial score (nSPS) is 17.4. The second kappa shape index (κ2) is 16.8. The smallest absolute Gasteiger partial charge is 0.229 e.